The lowest BCUT2D eigenvalue weighted by atomic mass is 10.0. The Labute approximate surface area is 147 Å². The lowest BCUT2D eigenvalue weighted by Gasteiger charge is -2.41. The molecule has 2 aromatic rings. The Hall–Kier alpha value is -2.82. The SMILES string of the molecule is COc1cccc(C(=O)N2CCN(C(C)=O)C[C@H]2c2ccccc2)c1. The first kappa shape index (κ1) is 17.0. The number of rotatable bonds is 3. The normalized spacial score (nSPS) is 17.3. The van der Waals surface area contributed by atoms with Gasteiger partial charge in [-0.15, -0.1) is 0 Å². The Morgan fingerprint density at radius 1 is 1.04 bits per heavy atom. The van der Waals surface area contributed by atoms with Gasteiger partial charge >= 0.3 is 0 Å². The fourth-order valence-corrected chi connectivity index (χ4v) is 3.19. The van der Waals surface area contributed by atoms with Gasteiger partial charge < -0.3 is 14.5 Å². The third-order valence-corrected chi connectivity index (χ3v) is 4.59. The van der Waals surface area contributed by atoms with E-state index in [9.17, 15) is 9.59 Å². The maximum absolute atomic E-state index is 13.1. The molecule has 1 atom stereocenters. The van der Waals surface area contributed by atoms with Crippen LogP contribution in [0.15, 0.2) is 54.6 Å². The number of ether oxygens (including phenoxy) is 1. The average Bonchev–Trinajstić information content (AvgIpc) is 2.67. The zero-order valence-corrected chi connectivity index (χ0v) is 14.5. The van der Waals surface area contributed by atoms with Crippen molar-refractivity contribution in [3.63, 3.8) is 0 Å². The summed E-state index contributed by atoms with van der Waals surface area (Å²) >= 11 is 0. The van der Waals surface area contributed by atoms with E-state index in [1.165, 1.54) is 0 Å². The maximum atomic E-state index is 13.1. The average molecular weight is 338 g/mol. The minimum Gasteiger partial charge on any atom is -0.497 e. The van der Waals surface area contributed by atoms with Crippen molar-refractivity contribution in [3.8, 4) is 5.75 Å². The van der Waals surface area contributed by atoms with E-state index in [1.807, 2.05) is 47.4 Å². The number of methoxy groups -OCH3 is 1. The minimum atomic E-state index is -0.155. The highest BCUT2D eigenvalue weighted by molar-refractivity contribution is 5.95. The van der Waals surface area contributed by atoms with Crippen LogP contribution in [-0.4, -0.2) is 48.4 Å². The Morgan fingerprint density at radius 2 is 1.80 bits per heavy atom. The van der Waals surface area contributed by atoms with Crippen LogP contribution in [0.3, 0.4) is 0 Å². The molecule has 1 aliphatic heterocycles. The summed E-state index contributed by atoms with van der Waals surface area (Å²) in [6.07, 6.45) is 0. The van der Waals surface area contributed by atoms with Gasteiger partial charge in [-0.05, 0) is 23.8 Å². The highest BCUT2D eigenvalue weighted by Crippen LogP contribution is 2.28. The second-order valence-corrected chi connectivity index (χ2v) is 6.12. The van der Waals surface area contributed by atoms with Crippen molar-refractivity contribution in [2.24, 2.45) is 0 Å². The fourth-order valence-electron chi connectivity index (χ4n) is 3.19. The fraction of sp³-hybridized carbons (Fsp3) is 0.300. The molecule has 0 aliphatic carbocycles. The van der Waals surface area contributed by atoms with Crippen molar-refractivity contribution in [1.82, 2.24) is 9.80 Å². The molecular formula is C20H22N2O3. The Kier molecular flexibility index (Phi) is 5.03. The third kappa shape index (κ3) is 3.65. The Bertz CT molecular complexity index is 761. The highest BCUT2D eigenvalue weighted by Gasteiger charge is 2.33. The zero-order valence-electron chi connectivity index (χ0n) is 14.5. The second-order valence-electron chi connectivity index (χ2n) is 6.12. The minimum absolute atomic E-state index is 0.0365. The molecule has 2 amide bonds. The molecule has 0 N–H and O–H groups in total. The largest absolute Gasteiger partial charge is 0.497 e. The standard InChI is InChI=1S/C20H22N2O3/c1-15(23)21-11-12-22(19(14-21)16-7-4-3-5-8-16)20(24)17-9-6-10-18(13-17)25-2/h3-10,13,19H,11-12,14H2,1-2H3/t19-/m0/s1. The number of hydrogen-bond donors (Lipinski definition) is 0. The van der Waals surface area contributed by atoms with E-state index >= 15 is 0 Å². The molecule has 1 aliphatic rings. The molecule has 5 nitrogen and oxygen atoms in total. The van der Waals surface area contributed by atoms with Crippen LogP contribution in [0.1, 0.15) is 28.9 Å². The van der Waals surface area contributed by atoms with Crippen molar-refractivity contribution < 1.29 is 14.3 Å². The van der Waals surface area contributed by atoms with Crippen molar-refractivity contribution in [2.75, 3.05) is 26.7 Å². The Morgan fingerprint density at radius 3 is 2.48 bits per heavy atom. The van der Waals surface area contributed by atoms with Gasteiger partial charge in [0.2, 0.25) is 5.91 Å². The van der Waals surface area contributed by atoms with Gasteiger partial charge in [-0.1, -0.05) is 36.4 Å². The number of hydrogen-bond acceptors (Lipinski definition) is 3. The lowest BCUT2D eigenvalue weighted by molar-refractivity contribution is -0.131. The molecular weight excluding hydrogens is 316 g/mol. The first-order valence-corrected chi connectivity index (χ1v) is 8.35. The van der Waals surface area contributed by atoms with Crippen LogP contribution in [-0.2, 0) is 4.79 Å². The Balaban J connectivity index is 1.91. The topological polar surface area (TPSA) is 49.9 Å². The number of benzene rings is 2. The van der Waals surface area contributed by atoms with Crippen LogP contribution in [0.25, 0.3) is 0 Å². The lowest BCUT2D eigenvalue weighted by Crippen LogP contribution is -2.51. The molecule has 0 bridgehead atoms. The van der Waals surface area contributed by atoms with E-state index in [1.54, 1.807) is 31.1 Å². The van der Waals surface area contributed by atoms with Crippen LogP contribution < -0.4 is 4.74 Å². The molecule has 2 aromatic carbocycles. The van der Waals surface area contributed by atoms with E-state index in [4.69, 9.17) is 4.74 Å². The summed E-state index contributed by atoms with van der Waals surface area (Å²) < 4.78 is 5.23. The predicted molar refractivity (Wildman–Crippen MR) is 95.5 cm³/mol. The molecule has 3 rings (SSSR count). The van der Waals surface area contributed by atoms with E-state index in [2.05, 4.69) is 0 Å². The number of carbonyl (C=O) groups is 2. The van der Waals surface area contributed by atoms with Gasteiger partial charge in [0.1, 0.15) is 5.75 Å². The first-order chi connectivity index (χ1) is 12.1. The van der Waals surface area contributed by atoms with Gasteiger partial charge in [0.05, 0.1) is 13.2 Å². The van der Waals surface area contributed by atoms with Crippen LogP contribution in [0.5, 0.6) is 5.75 Å². The summed E-state index contributed by atoms with van der Waals surface area (Å²) in [6.45, 7) is 3.14. The van der Waals surface area contributed by atoms with Gasteiger partial charge in [-0.3, -0.25) is 9.59 Å². The molecule has 0 unspecified atom stereocenters. The van der Waals surface area contributed by atoms with Crippen molar-refractivity contribution in [1.29, 1.82) is 0 Å². The second kappa shape index (κ2) is 7.38. The first-order valence-electron chi connectivity index (χ1n) is 8.35. The number of nitrogens with zero attached hydrogens (tertiary/aromatic N) is 2. The monoisotopic (exact) mass is 338 g/mol. The van der Waals surface area contributed by atoms with Gasteiger partial charge in [-0.2, -0.15) is 0 Å². The summed E-state index contributed by atoms with van der Waals surface area (Å²) in [5, 5.41) is 0. The number of piperazine rings is 1. The molecule has 1 heterocycles. The van der Waals surface area contributed by atoms with Gasteiger partial charge in [0.15, 0.2) is 0 Å². The molecule has 25 heavy (non-hydrogen) atoms. The highest BCUT2D eigenvalue weighted by atomic mass is 16.5. The predicted octanol–water partition coefficient (Wildman–Crippen LogP) is 2.74. The molecule has 1 fully saturated rings. The zero-order chi connectivity index (χ0) is 17.8. The quantitative estimate of drug-likeness (QED) is 0.865. The van der Waals surface area contributed by atoms with E-state index in [-0.39, 0.29) is 17.9 Å². The smallest absolute Gasteiger partial charge is 0.254 e. The van der Waals surface area contributed by atoms with Crippen molar-refractivity contribution in [3.05, 3.63) is 65.7 Å². The molecule has 1 saturated heterocycles. The molecule has 0 spiro atoms. The third-order valence-electron chi connectivity index (χ3n) is 4.59. The maximum Gasteiger partial charge on any atom is 0.254 e. The van der Waals surface area contributed by atoms with E-state index < -0.39 is 0 Å². The van der Waals surface area contributed by atoms with Crippen LogP contribution in [0, 0.1) is 0 Å². The molecule has 0 radical (unpaired) electrons. The van der Waals surface area contributed by atoms with Crippen LogP contribution >= 0.6 is 0 Å². The molecule has 0 saturated carbocycles. The molecule has 5 heteroatoms. The van der Waals surface area contributed by atoms with Gasteiger partial charge in [0.25, 0.3) is 5.91 Å². The van der Waals surface area contributed by atoms with Gasteiger partial charge in [0, 0.05) is 32.1 Å². The number of carbonyl (C=O) groups excluding carboxylic acids is 2. The van der Waals surface area contributed by atoms with Crippen LogP contribution in [0.2, 0.25) is 0 Å². The van der Waals surface area contributed by atoms with Crippen molar-refractivity contribution >= 4 is 11.8 Å². The summed E-state index contributed by atoms with van der Waals surface area (Å²) in [5.41, 5.74) is 1.63. The number of amides is 2. The summed E-state index contributed by atoms with van der Waals surface area (Å²) in [6, 6.07) is 16.9. The van der Waals surface area contributed by atoms with E-state index in [0.29, 0.717) is 30.9 Å². The summed E-state index contributed by atoms with van der Waals surface area (Å²) in [5.74, 6) is 0.648. The molecule has 0 aromatic heterocycles. The summed E-state index contributed by atoms with van der Waals surface area (Å²) in [7, 11) is 1.59. The van der Waals surface area contributed by atoms with E-state index in [0.717, 1.165) is 5.56 Å². The van der Waals surface area contributed by atoms with Gasteiger partial charge in [-0.25, -0.2) is 0 Å². The summed E-state index contributed by atoms with van der Waals surface area (Å²) in [4.78, 5) is 28.6. The van der Waals surface area contributed by atoms with Crippen LogP contribution in [0.4, 0.5) is 0 Å². The van der Waals surface area contributed by atoms with Crippen molar-refractivity contribution in [2.45, 2.75) is 13.0 Å². The molecule has 130 valence electrons.